The minimum atomic E-state index is -0.201. The summed E-state index contributed by atoms with van der Waals surface area (Å²) >= 11 is 9.51. The molecule has 0 saturated carbocycles. The van der Waals surface area contributed by atoms with Crippen LogP contribution in [0.2, 0.25) is 5.02 Å². The molecular formula is C17H13BrClFN2. The number of nitrogens with zero attached hydrogens (tertiary/aromatic N) is 2. The van der Waals surface area contributed by atoms with Crippen LogP contribution in [0.15, 0.2) is 59.3 Å². The zero-order chi connectivity index (χ0) is 15.5. The van der Waals surface area contributed by atoms with Crippen LogP contribution in [0.5, 0.6) is 0 Å². The van der Waals surface area contributed by atoms with Gasteiger partial charge in [-0.3, -0.25) is 0 Å². The molecule has 0 radical (unpaired) electrons. The number of hydrogen-bond acceptors (Lipinski definition) is 1. The van der Waals surface area contributed by atoms with Crippen molar-refractivity contribution in [1.82, 2.24) is 9.55 Å². The Kier molecular flexibility index (Phi) is 4.60. The first-order chi connectivity index (χ1) is 10.6. The van der Waals surface area contributed by atoms with E-state index >= 15 is 0 Å². The van der Waals surface area contributed by atoms with E-state index in [2.05, 4.69) is 20.9 Å². The molecule has 22 heavy (non-hydrogen) atoms. The Morgan fingerprint density at radius 1 is 1.18 bits per heavy atom. The van der Waals surface area contributed by atoms with Crippen molar-refractivity contribution in [2.75, 3.05) is 0 Å². The Labute approximate surface area is 141 Å². The molecule has 1 aromatic heterocycles. The third kappa shape index (κ3) is 3.57. The molecule has 0 saturated heterocycles. The summed E-state index contributed by atoms with van der Waals surface area (Å²) in [6.45, 7) is 0.462. The highest BCUT2D eigenvalue weighted by atomic mass is 79.9. The normalized spacial score (nSPS) is 10.9. The van der Waals surface area contributed by atoms with Gasteiger partial charge in [0.15, 0.2) is 0 Å². The highest BCUT2D eigenvalue weighted by molar-refractivity contribution is 9.10. The topological polar surface area (TPSA) is 17.8 Å². The lowest BCUT2D eigenvalue weighted by atomic mass is 10.1. The van der Waals surface area contributed by atoms with Crippen molar-refractivity contribution in [1.29, 1.82) is 0 Å². The fourth-order valence-corrected chi connectivity index (χ4v) is 3.29. The van der Waals surface area contributed by atoms with Gasteiger partial charge in [-0.25, -0.2) is 9.37 Å². The van der Waals surface area contributed by atoms with E-state index in [-0.39, 0.29) is 5.82 Å². The van der Waals surface area contributed by atoms with E-state index in [9.17, 15) is 4.39 Å². The van der Waals surface area contributed by atoms with Crippen molar-refractivity contribution >= 4 is 27.5 Å². The van der Waals surface area contributed by atoms with Gasteiger partial charge in [-0.15, -0.1) is 0 Å². The summed E-state index contributed by atoms with van der Waals surface area (Å²) in [5, 5.41) is 0.677. The highest BCUT2D eigenvalue weighted by Gasteiger charge is 2.08. The maximum atomic E-state index is 13.8. The Balaban J connectivity index is 1.85. The van der Waals surface area contributed by atoms with Crippen LogP contribution in [0, 0.1) is 5.82 Å². The zero-order valence-electron chi connectivity index (χ0n) is 11.6. The van der Waals surface area contributed by atoms with E-state index < -0.39 is 0 Å². The number of halogens is 3. The predicted molar refractivity (Wildman–Crippen MR) is 89.7 cm³/mol. The van der Waals surface area contributed by atoms with Gasteiger partial charge in [0.05, 0.1) is 6.54 Å². The van der Waals surface area contributed by atoms with Gasteiger partial charge in [0.25, 0.3) is 0 Å². The van der Waals surface area contributed by atoms with Crippen LogP contribution in [-0.4, -0.2) is 9.55 Å². The lowest BCUT2D eigenvalue weighted by molar-refractivity contribution is 0.595. The molecule has 2 nitrogen and oxygen atoms in total. The molecule has 0 aliphatic heterocycles. The molecule has 112 valence electrons. The molecule has 0 N–H and O–H groups in total. The molecule has 0 spiro atoms. The smallest absolute Gasteiger partial charge is 0.128 e. The Hall–Kier alpha value is -1.65. The second kappa shape index (κ2) is 6.63. The van der Waals surface area contributed by atoms with Gasteiger partial charge in [-0.1, -0.05) is 45.7 Å². The second-order valence-electron chi connectivity index (χ2n) is 5.02. The minimum Gasteiger partial charge on any atom is -0.330 e. The third-order valence-electron chi connectivity index (χ3n) is 3.38. The maximum Gasteiger partial charge on any atom is 0.128 e. The first-order valence-electron chi connectivity index (χ1n) is 6.80. The summed E-state index contributed by atoms with van der Waals surface area (Å²) < 4.78 is 16.7. The van der Waals surface area contributed by atoms with Crippen molar-refractivity contribution in [3.8, 4) is 0 Å². The molecular weight excluding hydrogens is 367 g/mol. The van der Waals surface area contributed by atoms with Crippen LogP contribution in [0.1, 0.15) is 17.0 Å². The summed E-state index contributed by atoms with van der Waals surface area (Å²) in [5.41, 5.74) is 1.70. The Morgan fingerprint density at radius 2 is 2.00 bits per heavy atom. The van der Waals surface area contributed by atoms with Gasteiger partial charge in [0, 0.05) is 33.9 Å². The van der Waals surface area contributed by atoms with Crippen molar-refractivity contribution in [2.24, 2.45) is 0 Å². The van der Waals surface area contributed by atoms with Crippen LogP contribution < -0.4 is 0 Å². The summed E-state index contributed by atoms with van der Waals surface area (Å²) in [4.78, 5) is 4.38. The summed E-state index contributed by atoms with van der Waals surface area (Å²) in [5.74, 6) is 0.671. The zero-order valence-corrected chi connectivity index (χ0v) is 14.0. The fourth-order valence-electron chi connectivity index (χ4n) is 2.36. The fraction of sp³-hybridized carbons (Fsp3) is 0.118. The van der Waals surface area contributed by atoms with Gasteiger partial charge >= 0.3 is 0 Å². The quantitative estimate of drug-likeness (QED) is 0.618. The van der Waals surface area contributed by atoms with E-state index in [0.717, 1.165) is 15.9 Å². The third-order valence-corrected chi connectivity index (χ3v) is 4.06. The van der Waals surface area contributed by atoms with E-state index in [0.29, 0.717) is 23.6 Å². The van der Waals surface area contributed by atoms with E-state index in [1.54, 1.807) is 18.3 Å². The Bertz CT molecular complexity index is 781. The molecule has 0 fully saturated rings. The Morgan fingerprint density at radius 3 is 2.77 bits per heavy atom. The minimum absolute atomic E-state index is 0.201. The predicted octanol–water partition coefficient (Wildman–Crippen LogP) is 5.08. The summed E-state index contributed by atoms with van der Waals surface area (Å²) in [7, 11) is 0. The van der Waals surface area contributed by atoms with Crippen molar-refractivity contribution in [3.63, 3.8) is 0 Å². The number of rotatable bonds is 4. The monoisotopic (exact) mass is 378 g/mol. The van der Waals surface area contributed by atoms with E-state index in [1.807, 2.05) is 35.0 Å². The molecule has 5 heteroatoms. The average Bonchev–Trinajstić information content (AvgIpc) is 2.87. The van der Waals surface area contributed by atoms with Crippen LogP contribution in [0.4, 0.5) is 4.39 Å². The molecule has 1 heterocycles. The van der Waals surface area contributed by atoms with Gasteiger partial charge in [-0.2, -0.15) is 0 Å². The van der Waals surface area contributed by atoms with Crippen molar-refractivity contribution < 1.29 is 4.39 Å². The molecule has 0 bridgehead atoms. The molecule has 3 aromatic rings. The second-order valence-corrected chi connectivity index (χ2v) is 6.37. The number of imidazole rings is 1. The lowest BCUT2D eigenvalue weighted by Gasteiger charge is -2.09. The molecule has 0 unspecified atom stereocenters. The van der Waals surface area contributed by atoms with Crippen LogP contribution in [0.3, 0.4) is 0 Å². The SMILES string of the molecule is Fc1ccccc1Cn1ccnc1Cc1cc(Cl)cc(Br)c1. The molecule has 2 aromatic carbocycles. The van der Waals surface area contributed by atoms with Crippen LogP contribution in [0.25, 0.3) is 0 Å². The number of benzene rings is 2. The van der Waals surface area contributed by atoms with Crippen LogP contribution >= 0.6 is 27.5 Å². The standard InChI is InChI=1S/C17H13BrClFN2/c18-14-7-12(8-15(19)10-14)9-17-21-5-6-22(17)11-13-3-1-2-4-16(13)20/h1-8,10H,9,11H2. The van der Waals surface area contributed by atoms with E-state index in [4.69, 9.17) is 11.6 Å². The first kappa shape index (κ1) is 15.3. The summed E-state index contributed by atoms with van der Waals surface area (Å²) in [6, 6.07) is 12.6. The molecule has 0 amide bonds. The molecule has 3 rings (SSSR count). The average molecular weight is 380 g/mol. The van der Waals surface area contributed by atoms with E-state index in [1.165, 1.54) is 6.07 Å². The molecule has 0 atom stereocenters. The first-order valence-corrected chi connectivity index (χ1v) is 7.97. The van der Waals surface area contributed by atoms with Gasteiger partial charge in [0.1, 0.15) is 11.6 Å². The van der Waals surface area contributed by atoms with Crippen molar-refractivity contribution in [3.05, 3.63) is 87.1 Å². The number of aromatic nitrogens is 2. The lowest BCUT2D eigenvalue weighted by Crippen LogP contribution is -2.06. The highest BCUT2D eigenvalue weighted by Crippen LogP contribution is 2.21. The van der Waals surface area contributed by atoms with Crippen molar-refractivity contribution in [2.45, 2.75) is 13.0 Å². The molecule has 0 aliphatic rings. The van der Waals surface area contributed by atoms with Crippen LogP contribution in [-0.2, 0) is 13.0 Å². The van der Waals surface area contributed by atoms with Gasteiger partial charge in [0.2, 0.25) is 0 Å². The largest absolute Gasteiger partial charge is 0.330 e. The number of hydrogen-bond donors (Lipinski definition) is 0. The maximum absolute atomic E-state index is 13.8. The van der Waals surface area contributed by atoms with Gasteiger partial charge in [-0.05, 0) is 29.8 Å². The van der Waals surface area contributed by atoms with Gasteiger partial charge < -0.3 is 4.57 Å². The summed E-state index contributed by atoms with van der Waals surface area (Å²) in [6.07, 6.45) is 4.23. The molecule has 0 aliphatic carbocycles.